The number of aryl methyl sites for hydroxylation is 2. The minimum atomic E-state index is -4.29. The number of rotatable bonds is 4. The van der Waals surface area contributed by atoms with Gasteiger partial charge in [0.25, 0.3) is 0 Å². The molecule has 2 rings (SSSR count). The van der Waals surface area contributed by atoms with E-state index < -0.39 is 11.7 Å². The van der Waals surface area contributed by atoms with Crippen molar-refractivity contribution in [3.05, 3.63) is 70.3 Å². The highest BCUT2D eigenvalue weighted by Crippen LogP contribution is 2.29. The number of halogens is 3. The highest BCUT2D eigenvalue weighted by atomic mass is 19.4. The molecule has 1 N–H and O–H groups in total. The van der Waals surface area contributed by atoms with E-state index in [1.807, 2.05) is 32.0 Å². The Kier molecular flexibility index (Phi) is 4.68. The Morgan fingerprint density at radius 1 is 0.905 bits per heavy atom. The van der Waals surface area contributed by atoms with Gasteiger partial charge in [-0.25, -0.2) is 0 Å². The summed E-state index contributed by atoms with van der Waals surface area (Å²) in [6.45, 7) is 5.13. The predicted octanol–water partition coefficient (Wildman–Crippen LogP) is 4.61. The first-order valence-corrected chi connectivity index (χ1v) is 6.80. The Balaban J connectivity index is 2.01. The lowest BCUT2D eigenvalue weighted by molar-refractivity contribution is -0.137. The minimum absolute atomic E-state index is 0.414. The van der Waals surface area contributed by atoms with E-state index in [0.29, 0.717) is 18.7 Å². The summed E-state index contributed by atoms with van der Waals surface area (Å²) in [6, 6.07) is 11.5. The Morgan fingerprint density at radius 2 is 1.52 bits per heavy atom. The molecule has 0 saturated carbocycles. The van der Waals surface area contributed by atoms with E-state index in [-0.39, 0.29) is 0 Å². The number of alkyl halides is 3. The largest absolute Gasteiger partial charge is 0.416 e. The van der Waals surface area contributed by atoms with E-state index in [2.05, 4.69) is 5.32 Å². The minimum Gasteiger partial charge on any atom is -0.309 e. The number of hydrogen-bond donors (Lipinski definition) is 1. The van der Waals surface area contributed by atoms with Crippen LogP contribution >= 0.6 is 0 Å². The third-order valence-corrected chi connectivity index (χ3v) is 3.53. The molecule has 0 heterocycles. The highest BCUT2D eigenvalue weighted by molar-refractivity contribution is 5.33. The van der Waals surface area contributed by atoms with Crippen LogP contribution in [-0.2, 0) is 19.3 Å². The summed E-state index contributed by atoms with van der Waals surface area (Å²) < 4.78 is 37.9. The topological polar surface area (TPSA) is 12.0 Å². The van der Waals surface area contributed by atoms with Crippen molar-refractivity contribution >= 4 is 0 Å². The van der Waals surface area contributed by atoms with E-state index in [4.69, 9.17) is 0 Å². The molecule has 1 nitrogen and oxygen atoms in total. The number of hydrogen-bond acceptors (Lipinski definition) is 1. The molecule has 0 amide bonds. The molecular formula is C17H18F3N. The van der Waals surface area contributed by atoms with Crippen molar-refractivity contribution < 1.29 is 13.2 Å². The van der Waals surface area contributed by atoms with Gasteiger partial charge in [-0.1, -0.05) is 36.4 Å². The molecule has 0 aliphatic carbocycles. The third kappa shape index (κ3) is 4.08. The monoisotopic (exact) mass is 293 g/mol. The van der Waals surface area contributed by atoms with Crippen LogP contribution in [0.3, 0.4) is 0 Å². The Labute approximate surface area is 122 Å². The quantitative estimate of drug-likeness (QED) is 0.868. The molecule has 0 fully saturated rings. The second kappa shape index (κ2) is 6.31. The zero-order valence-corrected chi connectivity index (χ0v) is 12.1. The first-order valence-electron chi connectivity index (χ1n) is 6.80. The van der Waals surface area contributed by atoms with Gasteiger partial charge in [-0.2, -0.15) is 13.2 Å². The summed E-state index contributed by atoms with van der Waals surface area (Å²) in [4.78, 5) is 0. The summed E-state index contributed by atoms with van der Waals surface area (Å²) in [7, 11) is 0. The zero-order valence-electron chi connectivity index (χ0n) is 12.1. The van der Waals surface area contributed by atoms with Crippen molar-refractivity contribution in [1.29, 1.82) is 0 Å². The average molecular weight is 293 g/mol. The van der Waals surface area contributed by atoms with E-state index >= 15 is 0 Å². The maximum absolute atomic E-state index is 12.6. The first-order chi connectivity index (χ1) is 9.88. The molecule has 2 aromatic rings. The Morgan fingerprint density at radius 3 is 2.14 bits per heavy atom. The summed E-state index contributed by atoms with van der Waals surface area (Å²) in [5.74, 6) is 0. The lowest BCUT2D eigenvalue weighted by Crippen LogP contribution is -2.15. The van der Waals surface area contributed by atoms with Gasteiger partial charge in [0.05, 0.1) is 5.56 Å². The number of nitrogens with one attached hydrogen (secondary N) is 1. The maximum atomic E-state index is 12.6. The van der Waals surface area contributed by atoms with Crippen molar-refractivity contribution in [1.82, 2.24) is 5.32 Å². The summed E-state index contributed by atoms with van der Waals surface area (Å²) in [5, 5.41) is 3.21. The molecule has 0 bridgehead atoms. The van der Waals surface area contributed by atoms with E-state index in [9.17, 15) is 13.2 Å². The van der Waals surface area contributed by atoms with E-state index in [0.717, 1.165) is 6.07 Å². The van der Waals surface area contributed by atoms with Crippen molar-refractivity contribution in [3.8, 4) is 0 Å². The molecule has 2 aromatic carbocycles. The second-order valence-electron chi connectivity index (χ2n) is 5.17. The Hall–Kier alpha value is -1.81. The molecule has 4 heteroatoms. The Bertz CT molecular complexity index is 597. The van der Waals surface area contributed by atoms with Crippen LogP contribution in [0, 0.1) is 13.8 Å². The standard InChI is InChI=1S/C17H18F3N/c1-12-5-3-6-13(2)16(12)11-21-10-14-7-4-8-15(9-14)17(18,19)20/h3-9,21H,10-11H2,1-2H3. The normalized spacial score (nSPS) is 11.7. The van der Waals surface area contributed by atoms with Crippen LogP contribution in [0.2, 0.25) is 0 Å². The first kappa shape index (κ1) is 15.6. The molecule has 112 valence electrons. The molecule has 0 atom stereocenters. The molecule has 21 heavy (non-hydrogen) atoms. The summed E-state index contributed by atoms with van der Waals surface area (Å²) in [5.41, 5.74) is 3.60. The fourth-order valence-electron chi connectivity index (χ4n) is 2.32. The van der Waals surface area contributed by atoms with Crippen molar-refractivity contribution in [2.75, 3.05) is 0 Å². The van der Waals surface area contributed by atoms with Gasteiger partial charge in [-0.15, -0.1) is 0 Å². The second-order valence-corrected chi connectivity index (χ2v) is 5.17. The van der Waals surface area contributed by atoms with Gasteiger partial charge >= 0.3 is 6.18 Å². The van der Waals surface area contributed by atoms with Crippen molar-refractivity contribution in [2.45, 2.75) is 33.1 Å². The van der Waals surface area contributed by atoms with Crippen molar-refractivity contribution in [3.63, 3.8) is 0 Å². The molecule has 0 aliphatic rings. The smallest absolute Gasteiger partial charge is 0.309 e. The van der Waals surface area contributed by atoms with Crippen LogP contribution in [0.25, 0.3) is 0 Å². The van der Waals surface area contributed by atoms with Gasteiger partial charge in [0.1, 0.15) is 0 Å². The lowest BCUT2D eigenvalue weighted by Gasteiger charge is -2.12. The van der Waals surface area contributed by atoms with Gasteiger partial charge in [-0.3, -0.25) is 0 Å². The fourth-order valence-corrected chi connectivity index (χ4v) is 2.32. The average Bonchev–Trinajstić information content (AvgIpc) is 2.41. The van der Waals surface area contributed by atoms with Gasteiger partial charge < -0.3 is 5.32 Å². The maximum Gasteiger partial charge on any atom is 0.416 e. The molecule has 0 aliphatic heterocycles. The molecule has 0 unspecified atom stereocenters. The molecule has 0 radical (unpaired) electrons. The fraction of sp³-hybridized carbons (Fsp3) is 0.294. The predicted molar refractivity (Wildman–Crippen MR) is 77.9 cm³/mol. The molecule has 0 spiro atoms. The molecule has 0 aromatic heterocycles. The molecular weight excluding hydrogens is 275 g/mol. The van der Waals surface area contributed by atoms with Crippen LogP contribution in [0.4, 0.5) is 13.2 Å². The van der Waals surface area contributed by atoms with Crippen LogP contribution in [0.1, 0.15) is 27.8 Å². The lowest BCUT2D eigenvalue weighted by atomic mass is 10.0. The summed E-state index contributed by atoms with van der Waals surface area (Å²) >= 11 is 0. The van der Waals surface area contributed by atoms with Crippen LogP contribution in [-0.4, -0.2) is 0 Å². The zero-order chi connectivity index (χ0) is 15.5. The van der Waals surface area contributed by atoms with E-state index in [1.165, 1.54) is 28.8 Å². The van der Waals surface area contributed by atoms with E-state index in [1.54, 1.807) is 6.07 Å². The number of benzene rings is 2. The van der Waals surface area contributed by atoms with Gasteiger partial charge in [0.2, 0.25) is 0 Å². The third-order valence-electron chi connectivity index (χ3n) is 3.53. The van der Waals surface area contributed by atoms with Gasteiger partial charge in [-0.05, 0) is 42.2 Å². The van der Waals surface area contributed by atoms with Crippen molar-refractivity contribution in [2.24, 2.45) is 0 Å². The summed E-state index contributed by atoms with van der Waals surface area (Å²) in [6.07, 6.45) is -4.29. The highest BCUT2D eigenvalue weighted by Gasteiger charge is 2.30. The van der Waals surface area contributed by atoms with Crippen LogP contribution in [0.15, 0.2) is 42.5 Å². The SMILES string of the molecule is Cc1cccc(C)c1CNCc1cccc(C(F)(F)F)c1. The van der Waals surface area contributed by atoms with Gasteiger partial charge in [0, 0.05) is 13.1 Å². The van der Waals surface area contributed by atoms with Crippen LogP contribution < -0.4 is 5.32 Å². The molecule has 0 saturated heterocycles. The van der Waals surface area contributed by atoms with Crippen LogP contribution in [0.5, 0.6) is 0 Å². The van der Waals surface area contributed by atoms with Gasteiger partial charge in [0.15, 0.2) is 0 Å².